The summed E-state index contributed by atoms with van der Waals surface area (Å²) in [6.45, 7) is 1.95. The third kappa shape index (κ3) is 2.59. The van der Waals surface area contributed by atoms with Gasteiger partial charge in [-0.3, -0.25) is 4.79 Å². The molecule has 1 N–H and O–H groups in total. The zero-order chi connectivity index (χ0) is 14.1. The van der Waals surface area contributed by atoms with Crippen LogP contribution in [0.3, 0.4) is 0 Å². The van der Waals surface area contributed by atoms with E-state index in [0.717, 1.165) is 30.7 Å². The molecule has 0 unspecified atom stereocenters. The summed E-state index contributed by atoms with van der Waals surface area (Å²) < 4.78 is 2.13. The molecule has 3 rings (SSSR count). The quantitative estimate of drug-likeness (QED) is 0.715. The van der Waals surface area contributed by atoms with Crippen LogP contribution < -0.4 is 5.32 Å². The SMILES string of the molecule is CSc1nc2ccc(NC(=O)c3sccc3C)cc2s1. The van der Waals surface area contributed by atoms with Crippen molar-refractivity contribution in [1.29, 1.82) is 0 Å². The smallest absolute Gasteiger partial charge is 0.265 e. The van der Waals surface area contributed by atoms with Crippen molar-refractivity contribution in [2.45, 2.75) is 11.3 Å². The Bertz CT molecular complexity index is 776. The van der Waals surface area contributed by atoms with E-state index in [-0.39, 0.29) is 5.91 Å². The molecule has 6 heteroatoms. The van der Waals surface area contributed by atoms with E-state index < -0.39 is 0 Å². The maximum absolute atomic E-state index is 12.2. The van der Waals surface area contributed by atoms with Gasteiger partial charge < -0.3 is 5.32 Å². The van der Waals surface area contributed by atoms with Gasteiger partial charge in [0.1, 0.15) is 0 Å². The van der Waals surface area contributed by atoms with Gasteiger partial charge in [-0.05, 0) is 48.4 Å². The monoisotopic (exact) mass is 320 g/mol. The molecule has 1 amide bonds. The number of rotatable bonds is 3. The van der Waals surface area contributed by atoms with Crippen molar-refractivity contribution >= 4 is 56.2 Å². The van der Waals surface area contributed by atoms with E-state index in [2.05, 4.69) is 10.3 Å². The minimum absolute atomic E-state index is 0.0496. The van der Waals surface area contributed by atoms with Crippen molar-refractivity contribution in [2.75, 3.05) is 11.6 Å². The second-order valence-electron chi connectivity index (χ2n) is 4.25. The van der Waals surface area contributed by atoms with Gasteiger partial charge in [0.2, 0.25) is 0 Å². The number of aryl methyl sites for hydroxylation is 1. The van der Waals surface area contributed by atoms with Crippen LogP contribution in [-0.4, -0.2) is 17.1 Å². The van der Waals surface area contributed by atoms with E-state index in [9.17, 15) is 4.79 Å². The van der Waals surface area contributed by atoms with Crippen LogP contribution >= 0.6 is 34.4 Å². The number of amides is 1. The van der Waals surface area contributed by atoms with Gasteiger partial charge in [-0.2, -0.15) is 0 Å². The number of hydrogen-bond donors (Lipinski definition) is 1. The van der Waals surface area contributed by atoms with E-state index >= 15 is 0 Å². The topological polar surface area (TPSA) is 42.0 Å². The Morgan fingerprint density at radius 1 is 1.35 bits per heavy atom. The fourth-order valence-electron chi connectivity index (χ4n) is 1.86. The second kappa shape index (κ2) is 5.55. The van der Waals surface area contributed by atoms with Gasteiger partial charge in [-0.25, -0.2) is 4.98 Å². The standard InChI is InChI=1S/C14H12N2OS3/c1-8-5-6-19-12(8)13(17)15-9-3-4-10-11(7-9)20-14(16-10)18-2/h3-7H,1-2H3,(H,15,17). The van der Waals surface area contributed by atoms with Crippen LogP contribution in [0.4, 0.5) is 5.69 Å². The number of aromatic nitrogens is 1. The molecule has 0 saturated heterocycles. The van der Waals surface area contributed by atoms with Gasteiger partial charge in [-0.1, -0.05) is 11.8 Å². The highest BCUT2D eigenvalue weighted by molar-refractivity contribution is 8.00. The lowest BCUT2D eigenvalue weighted by Crippen LogP contribution is -2.11. The van der Waals surface area contributed by atoms with Crippen LogP contribution in [0.15, 0.2) is 34.0 Å². The molecular weight excluding hydrogens is 308 g/mol. The second-order valence-corrected chi connectivity index (χ2v) is 7.25. The number of thiazole rings is 1. The fourth-order valence-corrected chi connectivity index (χ4v) is 4.21. The number of nitrogens with zero attached hydrogens (tertiary/aromatic N) is 1. The zero-order valence-electron chi connectivity index (χ0n) is 11.0. The highest BCUT2D eigenvalue weighted by Gasteiger charge is 2.11. The van der Waals surface area contributed by atoms with Gasteiger partial charge in [0.15, 0.2) is 4.34 Å². The lowest BCUT2D eigenvalue weighted by Gasteiger charge is -2.04. The first-order valence-corrected chi connectivity index (χ1v) is 8.89. The summed E-state index contributed by atoms with van der Waals surface area (Å²) in [6, 6.07) is 7.78. The molecule has 0 spiro atoms. The molecule has 102 valence electrons. The summed E-state index contributed by atoms with van der Waals surface area (Å²) >= 11 is 4.74. The Labute approximate surface area is 129 Å². The Morgan fingerprint density at radius 2 is 2.20 bits per heavy atom. The third-order valence-corrected chi connectivity index (χ3v) is 5.89. The van der Waals surface area contributed by atoms with Gasteiger partial charge in [0.05, 0.1) is 15.1 Å². The molecule has 0 aliphatic carbocycles. The molecule has 0 radical (unpaired) electrons. The summed E-state index contributed by atoms with van der Waals surface area (Å²) in [5, 5.41) is 4.88. The molecule has 3 aromatic rings. The number of carbonyl (C=O) groups is 1. The predicted octanol–water partition coefficient (Wildman–Crippen LogP) is 4.64. The van der Waals surface area contributed by atoms with Crippen LogP contribution in [0.5, 0.6) is 0 Å². The van der Waals surface area contributed by atoms with Crippen molar-refractivity contribution in [1.82, 2.24) is 4.98 Å². The van der Waals surface area contributed by atoms with E-state index in [4.69, 9.17) is 0 Å². The van der Waals surface area contributed by atoms with Crippen molar-refractivity contribution in [3.05, 3.63) is 40.1 Å². The number of carbonyl (C=O) groups excluding carboxylic acids is 1. The van der Waals surface area contributed by atoms with Gasteiger partial charge in [-0.15, -0.1) is 22.7 Å². The normalized spacial score (nSPS) is 10.9. The average molecular weight is 320 g/mol. The minimum atomic E-state index is -0.0496. The lowest BCUT2D eigenvalue weighted by molar-refractivity contribution is 0.103. The van der Waals surface area contributed by atoms with Gasteiger partial charge >= 0.3 is 0 Å². The number of thiophene rings is 1. The minimum Gasteiger partial charge on any atom is -0.321 e. The molecule has 0 aliphatic heterocycles. The number of benzene rings is 1. The van der Waals surface area contributed by atoms with Gasteiger partial charge in [0.25, 0.3) is 5.91 Å². The molecule has 0 bridgehead atoms. The molecular formula is C14H12N2OS3. The average Bonchev–Trinajstić information content (AvgIpc) is 3.03. The van der Waals surface area contributed by atoms with Crippen molar-refractivity contribution in [3.8, 4) is 0 Å². The Morgan fingerprint density at radius 3 is 2.90 bits per heavy atom. The number of thioether (sulfide) groups is 1. The van der Waals surface area contributed by atoms with Crippen molar-refractivity contribution < 1.29 is 4.79 Å². The molecule has 3 nitrogen and oxygen atoms in total. The summed E-state index contributed by atoms with van der Waals surface area (Å²) in [5.74, 6) is -0.0496. The van der Waals surface area contributed by atoms with Crippen LogP contribution in [0, 0.1) is 6.92 Å². The number of nitrogens with one attached hydrogen (secondary N) is 1. The zero-order valence-corrected chi connectivity index (χ0v) is 13.4. The highest BCUT2D eigenvalue weighted by atomic mass is 32.2. The molecule has 0 fully saturated rings. The number of hydrogen-bond acceptors (Lipinski definition) is 5. The van der Waals surface area contributed by atoms with Gasteiger partial charge in [0, 0.05) is 5.69 Å². The van der Waals surface area contributed by atoms with E-state index in [1.54, 1.807) is 23.1 Å². The van der Waals surface area contributed by atoms with Crippen LogP contribution in [-0.2, 0) is 0 Å². The largest absolute Gasteiger partial charge is 0.321 e. The molecule has 2 aromatic heterocycles. The molecule has 1 aromatic carbocycles. The third-order valence-electron chi connectivity index (χ3n) is 2.87. The summed E-state index contributed by atoms with van der Waals surface area (Å²) in [4.78, 5) is 17.4. The Balaban J connectivity index is 1.87. The molecule has 20 heavy (non-hydrogen) atoms. The van der Waals surface area contributed by atoms with Crippen LogP contribution in [0.1, 0.15) is 15.2 Å². The highest BCUT2D eigenvalue weighted by Crippen LogP contribution is 2.30. The van der Waals surface area contributed by atoms with E-state index in [1.165, 1.54) is 11.3 Å². The van der Waals surface area contributed by atoms with Crippen molar-refractivity contribution in [3.63, 3.8) is 0 Å². The fraction of sp³-hybridized carbons (Fsp3) is 0.143. The van der Waals surface area contributed by atoms with Crippen molar-refractivity contribution in [2.24, 2.45) is 0 Å². The van der Waals surface area contributed by atoms with Crippen LogP contribution in [0.25, 0.3) is 10.2 Å². The summed E-state index contributed by atoms with van der Waals surface area (Å²) in [5.41, 5.74) is 2.80. The Hall–Kier alpha value is -1.37. The molecule has 2 heterocycles. The first-order chi connectivity index (χ1) is 9.67. The predicted molar refractivity (Wildman–Crippen MR) is 88.4 cm³/mol. The summed E-state index contributed by atoms with van der Waals surface area (Å²) in [6.07, 6.45) is 2.01. The number of fused-ring (bicyclic) bond motifs is 1. The molecule has 0 saturated carbocycles. The Kier molecular flexibility index (Phi) is 3.78. The maximum Gasteiger partial charge on any atom is 0.265 e. The first kappa shape index (κ1) is 13.6. The maximum atomic E-state index is 12.2. The van der Waals surface area contributed by atoms with E-state index in [1.807, 2.05) is 42.8 Å². The van der Waals surface area contributed by atoms with Crippen LogP contribution in [0.2, 0.25) is 0 Å². The number of anilines is 1. The van der Waals surface area contributed by atoms with E-state index in [0.29, 0.717) is 0 Å². The first-order valence-electron chi connectivity index (χ1n) is 5.97. The summed E-state index contributed by atoms with van der Waals surface area (Å²) in [7, 11) is 0. The molecule has 0 aliphatic rings. The molecule has 0 atom stereocenters. The lowest BCUT2D eigenvalue weighted by atomic mass is 10.2.